The highest BCUT2D eigenvalue weighted by Crippen LogP contribution is 2.26. The van der Waals surface area contributed by atoms with Crippen LogP contribution in [0.4, 0.5) is 5.69 Å². The number of anilines is 1. The summed E-state index contributed by atoms with van der Waals surface area (Å²) in [5, 5.41) is 2.93. The molecule has 0 bridgehead atoms. The summed E-state index contributed by atoms with van der Waals surface area (Å²) < 4.78 is 28.9. The third-order valence-corrected chi connectivity index (χ3v) is 6.61. The van der Waals surface area contributed by atoms with Crippen LogP contribution in [0.5, 0.6) is 0 Å². The number of hydrogen-bond acceptors (Lipinski definition) is 3. The molecule has 6 heteroatoms. The fourth-order valence-electron chi connectivity index (χ4n) is 3.66. The Kier molecular flexibility index (Phi) is 6.27. The summed E-state index contributed by atoms with van der Waals surface area (Å²) >= 11 is 0. The predicted octanol–water partition coefficient (Wildman–Crippen LogP) is 4.90. The van der Waals surface area contributed by atoms with Gasteiger partial charge in [0.15, 0.2) is 0 Å². The number of benzene rings is 3. The molecule has 0 saturated heterocycles. The number of para-hydroxylation sites is 1. The molecule has 0 fully saturated rings. The van der Waals surface area contributed by atoms with Crippen LogP contribution in [0.25, 0.3) is 0 Å². The van der Waals surface area contributed by atoms with E-state index in [2.05, 4.69) is 10.0 Å². The zero-order chi connectivity index (χ0) is 21.9. The van der Waals surface area contributed by atoms with Crippen molar-refractivity contribution in [3.8, 4) is 0 Å². The van der Waals surface area contributed by atoms with Gasteiger partial charge >= 0.3 is 0 Å². The van der Waals surface area contributed by atoms with Crippen molar-refractivity contribution in [1.82, 2.24) is 5.32 Å². The summed E-state index contributed by atoms with van der Waals surface area (Å²) in [6, 6.07) is 19.7. The van der Waals surface area contributed by atoms with Crippen molar-refractivity contribution < 1.29 is 13.2 Å². The third kappa shape index (κ3) is 4.71. The number of rotatable bonds is 6. The maximum Gasteiger partial charge on any atom is 0.262 e. The van der Waals surface area contributed by atoms with Crippen LogP contribution in [0.2, 0.25) is 0 Å². The summed E-state index contributed by atoms with van der Waals surface area (Å²) in [5.74, 6) is -0.345. The number of amides is 1. The zero-order valence-electron chi connectivity index (χ0n) is 17.6. The topological polar surface area (TPSA) is 75.3 Å². The van der Waals surface area contributed by atoms with Crippen LogP contribution in [-0.4, -0.2) is 14.3 Å². The van der Waals surface area contributed by atoms with Gasteiger partial charge in [0.05, 0.1) is 22.2 Å². The Morgan fingerprint density at radius 2 is 1.43 bits per heavy atom. The number of hydrogen-bond donors (Lipinski definition) is 2. The minimum atomic E-state index is -3.86. The second-order valence-corrected chi connectivity index (χ2v) is 9.10. The SMILES string of the molecule is Cc1cc(C)c(S(=O)(=O)Nc2ccccc2C(=O)N[C@H](C)c2ccccc2)c(C)c1. The molecule has 5 nitrogen and oxygen atoms in total. The van der Waals surface area contributed by atoms with Gasteiger partial charge in [-0.3, -0.25) is 9.52 Å². The first kappa shape index (κ1) is 21.6. The van der Waals surface area contributed by atoms with Crippen LogP contribution in [-0.2, 0) is 10.0 Å². The van der Waals surface area contributed by atoms with Gasteiger partial charge in [0.25, 0.3) is 15.9 Å². The molecule has 30 heavy (non-hydrogen) atoms. The lowest BCUT2D eigenvalue weighted by atomic mass is 10.1. The lowest BCUT2D eigenvalue weighted by Gasteiger charge is -2.18. The lowest BCUT2D eigenvalue weighted by Crippen LogP contribution is -2.28. The van der Waals surface area contributed by atoms with Crippen molar-refractivity contribution in [1.29, 1.82) is 0 Å². The molecule has 0 aliphatic rings. The summed E-state index contributed by atoms with van der Waals surface area (Å²) in [6.45, 7) is 7.36. The Morgan fingerprint density at radius 3 is 2.07 bits per heavy atom. The first-order valence-electron chi connectivity index (χ1n) is 9.74. The second kappa shape index (κ2) is 8.71. The molecular weight excluding hydrogens is 396 g/mol. The zero-order valence-corrected chi connectivity index (χ0v) is 18.4. The molecule has 0 heterocycles. The van der Waals surface area contributed by atoms with Gasteiger partial charge in [-0.15, -0.1) is 0 Å². The van der Waals surface area contributed by atoms with Crippen molar-refractivity contribution in [3.05, 3.63) is 94.5 Å². The first-order valence-corrected chi connectivity index (χ1v) is 11.2. The molecule has 0 aliphatic heterocycles. The van der Waals surface area contributed by atoms with E-state index < -0.39 is 10.0 Å². The maximum atomic E-state index is 13.1. The van der Waals surface area contributed by atoms with Gasteiger partial charge in [0, 0.05) is 0 Å². The van der Waals surface area contributed by atoms with E-state index in [-0.39, 0.29) is 28.1 Å². The number of nitrogens with one attached hydrogen (secondary N) is 2. The minimum absolute atomic E-state index is 0.218. The largest absolute Gasteiger partial charge is 0.345 e. The Hall–Kier alpha value is -3.12. The fourth-order valence-corrected chi connectivity index (χ4v) is 5.19. The van der Waals surface area contributed by atoms with Gasteiger partial charge in [-0.1, -0.05) is 60.2 Å². The lowest BCUT2D eigenvalue weighted by molar-refractivity contribution is 0.0941. The highest BCUT2D eigenvalue weighted by atomic mass is 32.2. The Balaban J connectivity index is 1.89. The number of aryl methyl sites for hydroxylation is 3. The number of carbonyl (C=O) groups excluding carboxylic acids is 1. The summed E-state index contributed by atoms with van der Waals surface area (Å²) in [6.07, 6.45) is 0. The van der Waals surface area contributed by atoms with Crippen LogP contribution in [0.15, 0.2) is 71.6 Å². The average Bonchev–Trinajstić information content (AvgIpc) is 2.67. The molecule has 2 N–H and O–H groups in total. The molecule has 1 atom stereocenters. The summed E-state index contributed by atoms with van der Waals surface area (Å²) in [7, 11) is -3.86. The van der Waals surface area contributed by atoms with Gasteiger partial charge in [-0.05, 0) is 56.5 Å². The molecule has 1 amide bonds. The molecule has 0 radical (unpaired) electrons. The second-order valence-electron chi connectivity index (χ2n) is 7.48. The monoisotopic (exact) mass is 422 g/mol. The Bertz CT molecular complexity index is 1150. The molecule has 0 unspecified atom stereocenters. The molecule has 0 aromatic heterocycles. The third-order valence-electron chi connectivity index (χ3n) is 4.94. The van der Waals surface area contributed by atoms with Crippen molar-refractivity contribution in [2.24, 2.45) is 0 Å². The van der Waals surface area contributed by atoms with Gasteiger partial charge in [0.1, 0.15) is 0 Å². The van der Waals surface area contributed by atoms with Crippen LogP contribution in [0, 0.1) is 20.8 Å². The average molecular weight is 423 g/mol. The van der Waals surface area contributed by atoms with Gasteiger partial charge in [-0.2, -0.15) is 0 Å². The normalized spacial score (nSPS) is 12.3. The molecule has 0 spiro atoms. The number of carbonyl (C=O) groups is 1. The van der Waals surface area contributed by atoms with E-state index in [0.717, 1.165) is 11.1 Å². The summed E-state index contributed by atoms with van der Waals surface area (Å²) in [4.78, 5) is 13.1. The fraction of sp³-hybridized carbons (Fsp3) is 0.208. The van der Waals surface area contributed by atoms with E-state index in [1.807, 2.05) is 56.3 Å². The van der Waals surface area contributed by atoms with Crippen LogP contribution in [0.1, 0.15) is 45.6 Å². The van der Waals surface area contributed by atoms with Crippen molar-refractivity contribution in [3.63, 3.8) is 0 Å². The maximum absolute atomic E-state index is 13.1. The summed E-state index contributed by atoms with van der Waals surface area (Å²) in [5.41, 5.74) is 3.81. The van der Waals surface area contributed by atoms with Crippen LogP contribution >= 0.6 is 0 Å². The molecule has 3 aromatic carbocycles. The highest BCUT2D eigenvalue weighted by Gasteiger charge is 2.23. The minimum Gasteiger partial charge on any atom is -0.345 e. The quantitative estimate of drug-likeness (QED) is 0.593. The van der Waals surface area contributed by atoms with Gasteiger partial charge in [-0.25, -0.2) is 8.42 Å². The highest BCUT2D eigenvalue weighted by molar-refractivity contribution is 7.92. The van der Waals surface area contributed by atoms with Crippen molar-refractivity contribution in [2.75, 3.05) is 4.72 Å². The van der Waals surface area contributed by atoms with E-state index >= 15 is 0 Å². The smallest absolute Gasteiger partial charge is 0.262 e. The molecule has 3 aromatic rings. The number of sulfonamides is 1. The Morgan fingerprint density at radius 1 is 0.867 bits per heavy atom. The molecule has 3 rings (SSSR count). The first-order chi connectivity index (χ1) is 14.2. The van der Waals surface area contributed by atoms with Crippen LogP contribution < -0.4 is 10.0 Å². The van der Waals surface area contributed by atoms with Gasteiger partial charge < -0.3 is 5.32 Å². The molecule has 0 aliphatic carbocycles. The van der Waals surface area contributed by atoms with E-state index in [1.54, 1.807) is 38.1 Å². The predicted molar refractivity (Wildman–Crippen MR) is 120 cm³/mol. The van der Waals surface area contributed by atoms with Crippen molar-refractivity contribution in [2.45, 2.75) is 38.6 Å². The standard InChI is InChI=1S/C24H26N2O3S/c1-16-14-17(2)23(18(3)15-16)30(28,29)26-22-13-9-8-12-21(22)24(27)25-19(4)20-10-6-5-7-11-20/h5-15,19,26H,1-4H3,(H,25,27)/t19-/m1/s1. The van der Waals surface area contributed by atoms with E-state index in [9.17, 15) is 13.2 Å². The molecule has 0 saturated carbocycles. The van der Waals surface area contributed by atoms with Gasteiger partial charge in [0.2, 0.25) is 0 Å². The molecule has 156 valence electrons. The van der Waals surface area contributed by atoms with E-state index in [0.29, 0.717) is 11.1 Å². The Labute approximate surface area is 178 Å². The van der Waals surface area contributed by atoms with Crippen molar-refractivity contribution >= 4 is 21.6 Å². The molecular formula is C24H26N2O3S. The van der Waals surface area contributed by atoms with Crippen LogP contribution in [0.3, 0.4) is 0 Å². The van der Waals surface area contributed by atoms with E-state index in [4.69, 9.17) is 0 Å². The van der Waals surface area contributed by atoms with E-state index in [1.165, 1.54) is 0 Å².